The van der Waals surface area contributed by atoms with E-state index in [1.807, 2.05) is 28.5 Å². The molecule has 1 aromatic heterocycles. The van der Waals surface area contributed by atoms with Crippen molar-refractivity contribution in [2.75, 3.05) is 36.5 Å². The Morgan fingerprint density at radius 2 is 1.97 bits per heavy atom. The maximum Gasteiger partial charge on any atom is 0.230 e. The van der Waals surface area contributed by atoms with Gasteiger partial charge in [-0.3, -0.25) is 4.79 Å². The molecule has 2 heterocycles. The number of rotatable bonds is 6. The van der Waals surface area contributed by atoms with Crippen molar-refractivity contribution < 1.29 is 13.9 Å². The van der Waals surface area contributed by atoms with Crippen molar-refractivity contribution in [3.63, 3.8) is 0 Å². The van der Waals surface area contributed by atoms with Gasteiger partial charge in [-0.2, -0.15) is 0 Å². The number of aromatic nitrogens is 1. The van der Waals surface area contributed by atoms with Crippen LogP contribution >= 0.6 is 11.3 Å². The molecule has 1 aliphatic heterocycles. The van der Waals surface area contributed by atoms with Crippen molar-refractivity contribution in [1.29, 1.82) is 0 Å². The summed E-state index contributed by atoms with van der Waals surface area (Å²) in [5.41, 5.74) is 2.90. The van der Waals surface area contributed by atoms with Gasteiger partial charge in [-0.05, 0) is 23.8 Å². The number of hydrogen-bond donors (Lipinski definition) is 1. The van der Waals surface area contributed by atoms with Gasteiger partial charge in [0.1, 0.15) is 5.82 Å². The van der Waals surface area contributed by atoms with Gasteiger partial charge in [0.05, 0.1) is 36.0 Å². The number of benzene rings is 2. The second-order valence-corrected chi connectivity index (χ2v) is 7.83. The Morgan fingerprint density at radius 3 is 2.72 bits per heavy atom. The van der Waals surface area contributed by atoms with Crippen LogP contribution in [0.3, 0.4) is 0 Å². The maximum absolute atomic E-state index is 14.5. The molecule has 1 N–H and O–H groups in total. The molecule has 0 spiro atoms. The maximum atomic E-state index is 14.5. The molecule has 2 aromatic carbocycles. The molecule has 0 bridgehead atoms. The third-order valence-electron chi connectivity index (χ3n) is 4.72. The van der Waals surface area contributed by atoms with Crippen LogP contribution in [0.2, 0.25) is 0 Å². The van der Waals surface area contributed by atoms with Gasteiger partial charge < -0.3 is 15.0 Å². The minimum absolute atomic E-state index is 0.165. The molecule has 1 aliphatic rings. The van der Waals surface area contributed by atoms with E-state index in [1.165, 1.54) is 11.6 Å². The first-order valence-electron chi connectivity index (χ1n) is 9.57. The first-order chi connectivity index (χ1) is 14.2. The number of anilines is 2. The molecule has 0 atom stereocenters. The number of thiazole rings is 1. The summed E-state index contributed by atoms with van der Waals surface area (Å²) in [6, 6.07) is 14.9. The molecule has 29 heavy (non-hydrogen) atoms. The predicted molar refractivity (Wildman–Crippen MR) is 113 cm³/mol. The lowest BCUT2D eigenvalue weighted by atomic mass is 10.2. The van der Waals surface area contributed by atoms with Gasteiger partial charge in [-0.15, -0.1) is 11.3 Å². The van der Waals surface area contributed by atoms with Gasteiger partial charge >= 0.3 is 0 Å². The van der Waals surface area contributed by atoms with Crippen LogP contribution in [0.15, 0.2) is 53.9 Å². The van der Waals surface area contributed by atoms with Gasteiger partial charge in [-0.1, -0.05) is 30.3 Å². The van der Waals surface area contributed by atoms with Crippen LogP contribution in [0, 0.1) is 5.82 Å². The fourth-order valence-corrected chi connectivity index (χ4v) is 4.12. The summed E-state index contributed by atoms with van der Waals surface area (Å²) in [6.07, 6.45) is 0.916. The van der Waals surface area contributed by atoms with Crippen molar-refractivity contribution >= 4 is 28.6 Å². The van der Waals surface area contributed by atoms with Crippen molar-refractivity contribution in [3.8, 4) is 0 Å². The van der Waals surface area contributed by atoms with E-state index in [1.54, 1.807) is 23.5 Å². The van der Waals surface area contributed by atoms with E-state index in [0.717, 1.165) is 17.1 Å². The van der Waals surface area contributed by atoms with E-state index in [4.69, 9.17) is 4.74 Å². The van der Waals surface area contributed by atoms with Gasteiger partial charge in [0, 0.05) is 30.6 Å². The van der Waals surface area contributed by atoms with Crippen LogP contribution in [0.1, 0.15) is 16.3 Å². The van der Waals surface area contributed by atoms with Crippen molar-refractivity contribution in [2.24, 2.45) is 0 Å². The van der Waals surface area contributed by atoms with Gasteiger partial charge in [0.15, 0.2) is 0 Å². The molecule has 0 unspecified atom stereocenters. The van der Waals surface area contributed by atoms with E-state index in [2.05, 4.69) is 22.4 Å². The second-order valence-electron chi connectivity index (χ2n) is 6.89. The number of hydrogen-bond acceptors (Lipinski definition) is 5. The van der Waals surface area contributed by atoms with Crippen molar-refractivity contribution in [1.82, 2.24) is 4.98 Å². The summed E-state index contributed by atoms with van der Waals surface area (Å²) in [5.74, 6) is -0.552. The molecule has 150 valence electrons. The van der Waals surface area contributed by atoms with Crippen LogP contribution in [-0.4, -0.2) is 37.2 Å². The largest absolute Gasteiger partial charge is 0.378 e. The minimum Gasteiger partial charge on any atom is -0.378 e. The second kappa shape index (κ2) is 9.15. The van der Waals surface area contributed by atoms with Crippen molar-refractivity contribution in [3.05, 3.63) is 76.0 Å². The number of nitrogens with zero attached hydrogens (tertiary/aromatic N) is 2. The molecule has 4 rings (SSSR count). The third kappa shape index (κ3) is 5.19. The standard InChI is InChI=1S/C22H22FN3O2S/c23-19-13-17(6-7-20(19)26-8-10-28-11-9-26)24-21(27)14-18-15-29-22(25-18)12-16-4-2-1-3-5-16/h1-7,13,15H,8-12,14H2,(H,24,27). The van der Waals surface area contributed by atoms with Gasteiger partial charge in [0.25, 0.3) is 0 Å². The van der Waals surface area contributed by atoms with E-state index >= 15 is 0 Å². The third-order valence-corrected chi connectivity index (χ3v) is 5.62. The Hall–Kier alpha value is -2.77. The van der Waals surface area contributed by atoms with Crippen LogP contribution < -0.4 is 10.2 Å². The zero-order valence-electron chi connectivity index (χ0n) is 15.9. The first kappa shape index (κ1) is 19.5. The zero-order chi connectivity index (χ0) is 20.1. The number of morpholine rings is 1. The average Bonchev–Trinajstić information content (AvgIpc) is 3.16. The smallest absolute Gasteiger partial charge is 0.230 e. The number of carbonyl (C=O) groups is 1. The van der Waals surface area contributed by atoms with Gasteiger partial charge in [-0.25, -0.2) is 9.37 Å². The van der Waals surface area contributed by atoms with Crippen molar-refractivity contribution in [2.45, 2.75) is 12.8 Å². The van der Waals surface area contributed by atoms with E-state index in [9.17, 15) is 9.18 Å². The molecular formula is C22H22FN3O2S. The molecule has 7 heteroatoms. The minimum atomic E-state index is -0.344. The van der Waals surface area contributed by atoms with Gasteiger partial charge in [0.2, 0.25) is 5.91 Å². The predicted octanol–water partition coefficient (Wildman–Crippen LogP) is 3.89. The summed E-state index contributed by atoms with van der Waals surface area (Å²) >= 11 is 1.55. The average molecular weight is 412 g/mol. The van der Waals surface area contributed by atoms with Crippen LogP contribution in [0.25, 0.3) is 0 Å². The Morgan fingerprint density at radius 1 is 1.17 bits per heavy atom. The number of amides is 1. The normalized spacial score (nSPS) is 14.0. The van der Waals surface area contributed by atoms with Crippen LogP contribution in [-0.2, 0) is 22.4 Å². The molecule has 1 saturated heterocycles. The highest BCUT2D eigenvalue weighted by Gasteiger charge is 2.16. The molecule has 5 nitrogen and oxygen atoms in total. The Bertz CT molecular complexity index is 971. The fourth-order valence-electron chi connectivity index (χ4n) is 3.30. The lowest BCUT2D eigenvalue weighted by molar-refractivity contribution is -0.115. The lowest BCUT2D eigenvalue weighted by Gasteiger charge is -2.29. The van der Waals surface area contributed by atoms with Crippen LogP contribution in [0.5, 0.6) is 0 Å². The lowest BCUT2D eigenvalue weighted by Crippen LogP contribution is -2.36. The summed E-state index contributed by atoms with van der Waals surface area (Å²) < 4.78 is 19.8. The topological polar surface area (TPSA) is 54.5 Å². The highest BCUT2D eigenvalue weighted by Crippen LogP contribution is 2.24. The first-order valence-corrected chi connectivity index (χ1v) is 10.4. The summed E-state index contributed by atoms with van der Waals surface area (Å²) in [7, 11) is 0. The number of carbonyl (C=O) groups excluding carboxylic acids is 1. The number of nitrogens with one attached hydrogen (secondary N) is 1. The Labute approximate surface area is 173 Å². The molecular weight excluding hydrogens is 389 g/mol. The summed E-state index contributed by atoms with van der Waals surface area (Å²) in [4.78, 5) is 18.8. The quantitative estimate of drug-likeness (QED) is 0.669. The monoisotopic (exact) mass is 411 g/mol. The molecule has 0 aliphatic carbocycles. The highest BCUT2D eigenvalue weighted by atomic mass is 32.1. The number of ether oxygens (including phenoxy) is 1. The zero-order valence-corrected chi connectivity index (χ0v) is 16.8. The molecule has 1 amide bonds. The molecule has 0 radical (unpaired) electrons. The van der Waals surface area contributed by atoms with E-state index in [0.29, 0.717) is 37.7 Å². The Kier molecular flexibility index (Phi) is 6.17. The molecule has 3 aromatic rings. The van der Waals surface area contributed by atoms with Crippen LogP contribution in [0.4, 0.5) is 15.8 Å². The Balaban J connectivity index is 1.34. The van der Waals surface area contributed by atoms with E-state index in [-0.39, 0.29) is 18.1 Å². The summed E-state index contributed by atoms with van der Waals surface area (Å²) in [6.45, 7) is 2.52. The number of halogens is 1. The molecule has 1 fully saturated rings. The van der Waals surface area contributed by atoms with E-state index < -0.39 is 0 Å². The summed E-state index contributed by atoms with van der Waals surface area (Å²) in [5, 5.41) is 5.64. The highest BCUT2D eigenvalue weighted by molar-refractivity contribution is 7.09. The molecule has 0 saturated carbocycles. The fraction of sp³-hybridized carbons (Fsp3) is 0.273. The SMILES string of the molecule is O=C(Cc1csc(Cc2ccccc2)n1)Nc1ccc(N2CCOCC2)c(F)c1.